The number of amides is 1. The zero-order chi connectivity index (χ0) is 15.4. The molecule has 0 radical (unpaired) electrons. The third kappa shape index (κ3) is 3.78. The normalized spacial score (nSPS) is 20.9. The van der Waals surface area contributed by atoms with Gasteiger partial charge in [0.25, 0.3) is 5.91 Å². The molecule has 6 nitrogen and oxygen atoms in total. The van der Waals surface area contributed by atoms with E-state index in [2.05, 4.69) is 10.3 Å². The van der Waals surface area contributed by atoms with E-state index in [0.717, 1.165) is 18.4 Å². The number of aryl methyl sites for hydroxylation is 1. The van der Waals surface area contributed by atoms with Gasteiger partial charge in [-0.25, -0.2) is 0 Å². The van der Waals surface area contributed by atoms with E-state index in [1.165, 1.54) is 0 Å². The molecule has 0 spiro atoms. The third-order valence-corrected chi connectivity index (χ3v) is 3.99. The van der Waals surface area contributed by atoms with Crippen LogP contribution in [0.25, 0.3) is 0 Å². The number of hydrogen-bond donors (Lipinski definition) is 2. The Balaban J connectivity index is 1.84. The lowest BCUT2D eigenvalue weighted by molar-refractivity contribution is -0.139. The summed E-state index contributed by atoms with van der Waals surface area (Å²) in [5.74, 6) is -0.916. The molecule has 1 fully saturated rings. The molecule has 1 amide bonds. The van der Waals surface area contributed by atoms with Crippen LogP contribution in [0.1, 0.15) is 35.7 Å². The van der Waals surface area contributed by atoms with Crippen molar-refractivity contribution in [1.82, 2.24) is 15.2 Å². The molecule has 0 aliphatic heterocycles. The van der Waals surface area contributed by atoms with E-state index in [9.17, 15) is 9.59 Å². The lowest BCUT2D eigenvalue weighted by Crippen LogP contribution is -2.54. The smallest absolute Gasteiger partial charge is 0.317 e. The fourth-order valence-electron chi connectivity index (χ4n) is 2.64. The Morgan fingerprint density at radius 2 is 2.19 bits per heavy atom. The van der Waals surface area contributed by atoms with Crippen LogP contribution in [-0.2, 0) is 4.79 Å². The van der Waals surface area contributed by atoms with Crippen molar-refractivity contribution < 1.29 is 14.7 Å². The lowest BCUT2D eigenvalue weighted by Gasteiger charge is -2.42. The summed E-state index contributed by atoms with van der Waals surface area (Å²) in [5, 5.41) is 11.8. The second kappa shape index (κ2) is 6.67. The van der Waals surface area contributed by atoms with E-state index in [1.807, 2.05) is 24.8 Å². The van der Waals surface area contributed by atoms with Gasteiger partial charge >= 0.3 is 5.97 Å². The number of hydrogen-bond acceptors (Lipinski definition) is 4. The molecule has 2 N–H and O–H groups in total. The topological polar surface area (TPSA) is 82.5 Å². The van der Waals surface area contributed by atoms with Crippen LogP contribution in [-0.4, -0.2) is 52.0 Å². The summed E-state index contributed by atoms with van der Waals surface area (Å²) < 4.78 is 0. The summed E-state index contributed by atoms with van der Waals surface area (Å²) in [7, 11) is 0. The van der Waals surface area contributed by atoms with Crippen LogP contribution in [0.15, 0.2) is 18.5 Å². The Hall–Kier alpha value is -1.95. The first kappa shape index (κ1) is 15.4. The van der Waals surface area contributed by atoms with Gasteiger partial charge in [0.1, 0.15) is 0 Å². The number of rotatable bonds is 6. The number of nitrogens with one attached hydrogen (secondary N) is 1. The summed E-state index contributed by atoms with van der Waals surface area (Å²) in [6, 6.07) is 2.17. The number of carbonyl (C=O) groups is 2. The molecule has 0 atom stereocenters. The molecule has 0 aromatic carbocycles. The molecule has 0 bridgehead atoms. The number of aliphatic carboxylic acids is 1. The highest BCUT2D eigenvalue weighted by atomic mass is 16.4. The Kier molecular flexibility index (Phi) is 4.90. The van der Waals surface area contributed by atoms with Crippen LogP contribution >= 0.6 is 0 Å². The maximum atomic E-state index is 12.1. The van der Waals surface area contributed by atoms with Gasteiger partial charge in [0.05, 0.1) is 12.1 Å². The molecule has 1 heterocycles. The van der Waals surface area contributed by atoms with Gasteiger partial charge in [0, 0.05) is 24.5 Å². The minimum absolute atomic E-state index is 0.0591. The second-order valence-corrected chi connectivity index (χ2v) is 5.44. The number of nitrogens with zero attached hydrogens (tertiary/aromatic N) is 2. The van der Waals surface area contributed by atoms with Crippen LogP contribution in [0.3, 0.4) is 0 Å². The highest BCUT2D eigenvalue weighted by molar-refractivity contribution is 5.95. The van der Waals surface area contributed by atoms with Crippen molar-refractivity contribution in [2.45, 2.75) is 38.8 Å². The summed E-state index contributed by atoms with van der Waals surface area (Å²) >= 11 is 0. The predicted molar refractivity (Wildman–Crippen MR) is 78.1 cm³/mol. The molecule has 1 aliphatic carbocycles. The zero-order valence-corrected chi connectivity index (χ0v) is 12.4. The fraction of sp³-hybridized carbons (Fsp3) is 0.533. The molecular formula is C15H21N3O3. The van der Waals surface area contributed by atoms with Crippen molar-refractivity contribution in [1.29, 1.82) is 0 Å². The highest BCUT2D eigenvalue weighted by Crippen LogP contribution is 2.26. The van der Waals surface area contributed by atoms with Crippen molar-refractivity contribution >= 4 is 11.9 Å². The van der Waals surface area contributed by atoms with E-state index in [4.69, 9.17) is 5.11 Å². The molecule has 1 saturated carbocycles. The average molecular weight is 291 g/mol. The maximum Gasteiger partial charge on any atom is 0.317 e. The number of carbonyl (C=O) groups excluding carboxylic acids is 1. The first-order valence-corrected chi connectivity index (χ1v) is 7.18. The predicted octanol–water partition coefficient (Wildman–Crippen LogP) is 1.06. The van der Waals surface area contributed by atoms with Crippen LogP contribution in [0, 0.1) is 6.92 Å². The number of carboxylic acid groups (broad SMARTS) is 1. The van der Waals surface area contributed by atoms with Crippen LogP contribution in [0.4, 0.5) is 0 Å². The van der Waals surface area contributed by atoms with Gasteiger partial charge in [0.2, 0.25) is 0 Å². The minimum Gasteiger partial charge on any atom is -0.480 e. The van der Waals surface area contributed by atoms with E-state index in [1.54, 1.807) is 12.4 Å². The largest absolute Gasteiger partial charge is 0.480 e. The molecule has 114 valence electrons. The minimum atomic E-state index is -0.810. The molecular weight excluding hydrogens is 270 g/mol. The molecule has 2 rings (SSSR count). The summed E-state index contributed by atoms with van der Waals surface area (Å²) in [6.45, 7) is 4.60. The van der Waals surface area contributed by atoms with Crippen molar-refractivity contribution in [2.75, 3.05) is 13.1 Å². The molecule has 21 heavy (non-hydrogen) atoms. The van der Waals surface area contributed by atoms with Crippen LogP contribution in [0.2, 0.25) is 0 Å². The molecule has 1 aliphatic rings. The molecule has 1 aromatic rings. The van der Waals surface area contributed by atoms with Crippen molar-refractivity contribution in [3.8, 4) is 0 Å². The monoisotopic (exact) mass is 291 g/mol. The number of carboxylic acids is 1. The quantitative estimate of drug-likeness (QED) is 0.819. The van der Waals surface area contributed by atoms with Crippen molar-refractivity contribution in [2.24, 2.45) is 0 Å². The fourth-order valence-corrected chi connectivity index (χ4v) is 2.64. The molecule has 0 saturated heterocycles. The van der Waals surface area contributed by atoms with Gasteiger partial charge in [-0.1, -0.05) is 6.92 Å². The van der Waals surface area contributed by atoms with Gasteiger partial charge in [-0.2, -0.15) is 0 Å². The highest BCUT2D eigenvalue weighted by Gasteiger charge is 2.34. The summed E-state index contributed by atoms with van der Waals surface area (Å²) in [4.78, 5) is 28.8. The SMILES string of the molecule is CCN(CC(=O)O)C1CC(NC(=O)c2cnccc2C)C1. The van der Waals surface area contributed by atoms with Gasteiger partial charge in [-0.05, 0) is 37.9 Å². The molecule has 1 aromatic heterocycles. The van der Waals surface area contributed by atoms with Gasteiger partial charge in [-0.15, -0.1) is 0 Å². The van der Waals surface area contributed by atoms with Crippen LogP contribution in [0.5, 0.6) is 0 Å². The van der Waals surface area contributed by atoms with E-state index in [0.29, 0.717) is 12.1 Å². The van der Waals surface area contributed by atoms with Crippen LogP contribution < -0.4 is 5.32 Å². The van der Waals surface area contributed by atoms with E-state index >= 15 is 0 Å². The number of likely N-dealkylation sites (N-methyl/N-ethyl adjacent to an activating group) is 1. The van der Waals surface area contributed by atoms with Gasteiger partial charge in [-0.3, -0.25) is 19.5 Å². The third-order valence-electron chi connectivity index (χ3n) is 3.99. The summed E-state index contributed by atoms with van der Waals surface area (Å²) in [5.41, 5.74) is 1.50. The average Bonchev–Trinajstić information content (AvgIpc) is 2.40. The van der Waals surface area contributed by atoms with Crippen molar-refractivity contribution in [3.05, 3.63) is 29.6 Å². The lowest BCUT2D eigenvalue weighted by atomic mass is 9.85. The second-order valence-electron chi connectivity index (χ2n) is 5.44. The number of pyridine rings is 1. The first-order chi connectivity index (χ1) is 10.0. The van der Waals surface area contributed by atoms with Crippen molar-refractivity contribution in [3.63, 3.8) is 0 Å². The van der Waals surface area contributed by atoms with Gasteiger partial charge < -0.3 is 10.4 Å². The molecule has 6 heteroatoms. The molecule has 0 unspecified atom stereocenters. The maximum absolute atomic E-state index is 12.1. The summed E-state index contributed by atoms with van der Waals surface area (Å²) in [6.07, 6.45) is 4.83. The standard InChI is InChI=1S/C15H21N3O3/c1-3-18(9-14(19)20)12-6-11(7-12)17-15(21)13-8-16-5-4-10(13)2/h4-5,8,11-12H,3,6-7,9H2,1-2H3,(H,17,21)(H,19,20). The van der Waals surface area contributed by atoms with Gasteiger partial charge in [0.15, 0.2) is 0 Å². The van der Waals surface area contributed by atoms with E-state index < -0.39 is 5.97 Å². The Morgan fingerprint density at radius 1 is 1.48 bits per heavy atom. The number of aromatic nitrogens is 1. The zero-order valence-electron chi connectivity index (χ0n) is 12.4. The Morgan fingerprint density at radius 3 is 2.76 bits per heavy atom. The Labute approximate surface area is 124 Å². The van der Waals surface area contributed by atoms with E-state index in [-0.39, 0.29) is 24.5 Å². The first-order valence-electron chi connectivity index (χ1n) is 7.18. The Bertz CT molecular complexity index is 527.